The molecule has 0 fully saturated rings. The molecule has 126 valence electrons. The molecule has 0 N–H and O–H groups in total. The zero-order valence-electron chi connectivity index (χ0n) is 13.0. The van der Waals surface area contributed by atoms with E-state index in [9.17, 15) is 28.1 Å². The van der Waals surface area contributed by atoms with E-state index in [2.05, 4.69) is 0 Å². The fraction of sp³-hybridized carbons (Fsp3) is 0.467. The highest BCUT2D eigenvalue weighted by atomic mass is 32.2. The summed E-state index contributed by atoms with van der Waals surface area (Å²) in [5, 5.41) is 11.7. The molecule has 1 aromatic rings. The van der Waals surface area contributed by atoms with Gasteiger partial charge < -0.3 is 9.59 Å². The predicted molar refractivity (Wildman–Crippen MR) is 83.2 cm³/mol. The molecule has 8 heteroatoms. The van der Waals surface area contributed by atoms with Gasteiger partial charge in [-0.15, -0.1) is 0 Å². The maximum Gasteiger partial charge on any atom is 0.324 e. The average Bonchev–Trinajstić information content (AvgIpc) is 2.47. The van der Waals surface area contributed by atoms with Crippen molar-refractivity contribution < 1.29 is 22.9 Å². The maximum absolute atomic E-state index is 12.9. The van der Waals surface area contributed by atoms with Crippen molar-refractivity contribution >= 4 is 21.4 Å². The molecule has 0 aromatic heterocycles. The van der Waals surface area contributed by atoms with Crippen molar-refractivity contribution in [2.24, 2.45) is 0 Å². The van der Waals surface area contributed by atoms with E-state index < -0.39 is 32.5 Å². The summed E-state index contributed by atoms with van der Waals surface area (Å²) in [5.41, 5.74) is 0. The van der Waals surface area contributed by atoms with Crippen LogP contribution in [-0.2, 0) is 19.4 Å². The number of carbonyl (C=O) groups is 2. The predicted octanol–water partition coefficient (Wildman–Crippen LogP) is 2.17. The smallest absolute Gasteiger partial charge is 0.300 e. The van der Waals surface area contributed by atoms with Crippen molar-refractivity contribution in [3.05, 3.63) is 40.4 Å². The topological polar surface area (TPSA) is 111 Å². The lowest BCUT2D eigenvalue weighted by Crippen LogP contribution is -2.47. The lowest BCUT2D eigenvalue weighted by molar-refractivity contribution is -0.542. The number of hydrogen-bond acceptors (Lipinski definition) is 6. The van der Waals surface area contributed by atoms with Crippen LogP contribution in [0.25, 0.3) is 0 Å². The van der Waals surface area contributed by atoms with Gasteiger partial charge in [0.25, 0.3) is 0 Å². The number of carbonyl (C=O) groups excluding carboxylic acids is 2. The molecule has 0 aliphatic carbocycles. The second-order valence-electron chi connectivity index (χ2n) is 5.42. The summed E-state index contributed by atoms with van der Waals surface area (Å²) >= 11 is 0. The van der Waals surface area contributed by atoms with Gasteiger partial charge in [-0.3, -0.25) is 10.1 Å². The number of rotatable bonds is 9. The van der Waals surface area contributed by atoms with Gasteiger partial charge in [-0.05, 0) is 26.0 Å². The van der Waals surface area contributed by atoms with Crippen molar-refractivity contribution in [3.63, 3.8) is 0 Å². The van der Waals surface area contributed by atoms with Gasteiger partial charge in [-0.25, -0.2) is 8.42 Å². The minimum absolute atomic E-state index is 0.191. The van der Waals surface area contributed by atoms with E-state index in [1.807, 2.05) is 0 Å². The number of nitrogens with zero attached hydrogens (tertiary/aromatic N) is 1. The number of hydrogen-bond donors (Lipinski definition) is 0. The summed E-state index contributed by atoms with van der Waals surface area (Å²) in [4.78, 5) is 30.7. The highest BCUT2D eigenvalue weighted by molar-refractivity contribution is 7.92. The average molecular weight is 341 g/mol. The fourth-order valence-corrected chi connectivity index (χ4v) is 4.13. The monoisotopic (exact) mass is 341 g/mol. The Morgan fingerprint density at radius 1 is 1.04 bits per heavy atom. The summed E-state index contributed by atoms with van der Waals surface area (Å²) < 4.78 is 25.7. The molecule has 0 atom stereocenters. The summed E-state index contributed by atoms with van der Waals surface area (Å²) in [6.45, 7) is 2.48. The van der Waals surface area contributed by atoms with Crippen LogP contribution in [-0.4, -0.2) is 29.8 Å². The van der Waals surface area contributed by atoms with E-state index in [0.29, 0.717) is 0 Å². The lowest BCUT2D eigenvalue weighted by atomic mass is 10.0. The van der Waals surface area contributed by atoms with E-state index in [1.54, 1.807) is 6.07 Å². The van der Waals surface area contributed by atoms with Crippen molar-refractivity contribution in [1.29, 1.82) is 0 Å². The van der Waals surface area contributed by atoms with Crippen LogP contribution in [0.1, 0.15) is 39.5 Å². The van der Waals surface area contributed by atoms with Gasteiger partial charge in [0, 0.05) is 30.6 Å². The van der Waals surface area contributed by atoms with Gasteiger partial charge in [-0.1, -0.05) is 18.2 Å². The Bertz CT molecular complexity index is 678. The first kappa shape index (κ1) is 19.0. The molecule has 0 heterocycles. The molecule has 0 aliphatic heterocycles. The molecule has 0 saturated carbocycles. The third-order valence-electron chi connectivity index (χ3n) is 3.62. The van der Waals surface area contributed by atoms with E-state index in [0.717, 1.165) is 0 Å². The third-order valence-corrected chi connectivity index (χ3v) is 6.07. The zero-order chi connectivity index (χ0) is 17.7. The van der Waals surface area contributed by atoms with Gasteiger partial charge >= 0.3 is 4.87 Å². The van der Waals surface area contributed by atoms with Gasteiger partial charge in [-0.2, -0.15) is 0 Å². The van der Waals surface area contributed by atoms with Gasteiger partial charge in [0.1, 0.15) is 11.6 Å². The van der Waals surface area contributed by atoms with E-state index >= 15 is 0 Å². The van der Waals surface area contributed by atoms with Gasteiger partial charge in [0.2, 0.25) is 9.84 Å². The molecule has 0 spiro atoms. The van der Waals surface area contributed by atoms with Crippen LogP contribution in [0.4, 0.5) is 0 Å². The van der Waals surface area contributed by atoms with E-state index in [1.165, 1.54) is 38.1 Å². The van der Waals surface area contributed by atoms with Crippen molar-refractivity contribution in [3.8, 4) is 0 Å². The Hall–Kier alpha value is -2.09. The third kappa shape index (κ3) is 4.22. The van der Waals surface area contributed by atoms with Crippen LogP contribution in [0.2, 0.25) is 0 Å². The molecule has 0 saturated heterocycles. The Balaban J connectivity index is 3.43. The first-order valence-corrected chi connectivity index (χ1v) is 8.55. The van der Waals surface area contributed by atoms with Crippen molar-refractivity contribution in [1.82, 2.24) is 0 Å². The number of benzene rings is 1. The summed E-state index contributed by atoms with van der Waals surface area (Å²) in [6.07, 6.45) is -1.41. The standard InChI is InChI=1S/C15H19NO6S/c1-12(17)8-10-15(16(19)20,11-9-13(2)18)23(21,22)14-6-4-3-5-7-14/h3-7H,8-11H2,1-2H3. The molecule has 0 amide bonds. The highest BCUT2D eigenvalue weighted by Crippen LogP contribution is 2.35. The molecule has 1 rings (SSSR count). The Labute approximate surface area is 134 Å². The lowest BCUT2D eigenvalue weighted by Gasteiger charge is -2.25. The Morgan fingerprint density at radius 3 is 1.83 bits per heavy atom. The van der Waals surface area contributed by atoms with E-state index in [4.69, 9.17) is 0 Å². The molecule has 0 bridgehead atoms. The first-order chi connectivity index (χ1) is 10.6. The largest absolute Gasteiger partial charge is 0.324 e. The van der Waals surface area contributed by atoms with Crippen LogP contribution in [0.5, 0.6) is 0 Å². The molecular weight excluding hydrogens is 322 g/mol. The normalized spacial score (nSPS) is 11.9. The first-order valence-electron chi connectivity index (χ1n) is 7.06. The van der Waals surface area contributed by atoms with Gasteiger partial charge in [0.05, 0.1) is 4.90 Å². The zero-order valence-corrected chi connectivity index (χ0v) is 13.8. The highest BCUT2D eigenvalue weighted by Gasteiger charge is 2.55. The molecule has 23 heavy (non-hydrogen) atoms. The molecular formula is C15H19NO6S. The SMILES string of the molecule is CC(=O)CCC(CCC(C)=O)([N+](=O)[O-])S(=O)(=O)c1ccccc1. The van der Waals surface area contributed by atoms with E-state index in [-0.39, 0.29) is 29.3 Å². The number of nitro groups is 1. The number of Topliss-reactive ketones (excluding diaryl/α,β-unsaturated/α-hetero) is 2. The van der Waals surface area contributed by atoms with Crippen molar-refractivity contribution in [2.75, 3.05) is 0 Å². The molecule has 7 nitrogen and oxygen atoms in total. The summed E-state index contributed by atoms with van der Waals surface area (Å²) in [7, 11) is -4.36. The Kier molecular flexibility index (Phi) is 6.14. The van der Waals surface area contributed by atoms with Crippen molar-refractivity contribution in [2.45, 2.75) is 49.3 Å². The minimum Gasteiger partial charge on any atom is -0.300 e. The fourth-order valence-electron chi connectivity index (χ4n) is 2.24. The molecule has 1 aromatic carbocycles. The van der Waals surface area contributed by atoms with Crippen LogP contribution in [0.15, 0.2) is 35.2 Å². The van der Waals surface area contributed by atoms with Crippen LogP contribution < -0.4 is 0 Å². The molecule has 0 unspecified atom stereocenters. The number of ketones is 2. The van der Waals surface area contributed by atoms with Crippen LogP contribution in [0, 0.1) is 10.1 Å². The second-order valence-corrected chi connectivity index (χ2v) is 7.66. The quantitative estimate of drug-likeness (QED) is 0.502. The minimum atomic E-state index is -4.36. The number of sulfone groups is 1. The van der Waals surface area contributed by atoms with Crippen LogP contribution in [0.3, 0.4) is 0 Å². The summed E-state index contributed by atoms with van der Waals surface area (Å²) in [5.74, 6) is -0.690. The molecule has 0 radical (unpaired) electrons. The van der Waals surface area contributed by atoms with Gasteiger partial charge in [0.15, 0.2) is 0 Å². The summed E-state index contributed by atoms with van der Waals surface area (Å²) in [6, 6.07) is 7.07. The molecule has 0 aliphatic rings. The Morgan fingerprint density at radius 2 is 1.48 bits per heavy atom. The maximum atomic E-state index is 12.9. The van der Waals surface area contributed by atoms with Crippen LogP contribution >= 0.6 is 0 Å². The second kappa shape index (κ2) is 7.45.